The van der Waals surface area contributed by atoms with Gasteiger partial charge in [-0.3, -0.25) is 14.8 Å². The maximum absolute atomic E-state index is 11.1. The fraction of sp³-hybridized carbons (Fsp3) is 0.103. The molecular formula is C29H19Cl2N3O3. The summed E-state index contributed by atoms with van der Waals surface area (Å²) in [6.07, 6.45) is 4.03. The zero-order valence-electron chi connectivity index (χ0n) is 19.6. The highest BCUT2D eigenvalue weighted by Crippen LogP contribution is 2.43. The number of aromatic nitrogens is 3. The minimum Gasteiger partial charge on any atom is -0.481 e. The van der Waals surface area contributed by atoms with Crippen LogP contribution in [0.15, 0.2) is 73.1 Å². The van der Waals surface area contributed by atoms with E-state index >= 15 is 0 Å². The molecule has 1 aliphatic rings. The molecule has 0 amide bonds. The summed E-state index contributed by atoms with van der Waals surface area (Å²) in [5.41, 5.74) is 6.56. The standard InChI is InChI=1S/C29H19Cl2N3O3/c1-36-29-22(26-15-37-26)8-9-23(34-29)20-6-2-4-18(27(20)30)19-5-3-7-21(28(19)31)25-11-24-17(13-33-25)10-16(14-35)12-32-24/h2-14,26H,15H2,1H3. The number of benzene rings is 2. The van der Waals surface area contributed by atoms with Gasteiger partial charge >= 0.3 is 0 Å². The number of pyridine rings is 3. The number of nitrogens with zero attached hydrogens (tertiary/aromatic N) is 3. The minimum atomic E-state index is 0.0332. The van der Waals surface area contributed by atoms with Gasteiger partial charge in [0.1, 0.15) is 6.10 Å². The summed E-state index contributed by atoms with van der Waals surface area (Å²) in [5.74, 6) is 0.526. The largest absolute Gasteiger partial charge is 0.481 e. The third-order valence-electron chi connectivity index (χ3n) is 6.33. The first-order chi connectivity index (χ1) is 18.1. The average Bonchev–Trinajstić information content (AvgIpc) is 3.78. The minimum absolute atomic E-state index is 0.0332. The molecule has 1 saturated heterocycles. The van der Waals surface area contributed by atoms with E-state index in [1.54, 1.807) is 19.4 Å². The van der Waals surface area contributed by atoms with Crippen LogP contribution >= 0.6 is 23.2 Å². The normalized spacial score (nSPS) is 14.5. The Morgan fingerprint density at radius 1 is 0.892 bits per heavy atom. The summed E-state index contributed by atoms with van der Waals surface area (Å²) in [5, 5.41) is 1.82. The highest BCUT2D eigenvalue weighted by atomic mass is 35.5. The summed E-state index contributed by atoms with van der Waals surface area (Å²) in [7, 11) is 1.60. The van der Waals surface area contributed by atoms with Crippen LogP contribution in [0.2, 0.25) is 10.0 Å². The number of ether oxygens (including phenoxy) is 2. The van der Waals surface area contributed by atoms with Crippen LogP contribution in [0, 0.1) is 0 Å². The van der Waals surface area contributed by atoms with Crippen LogP contribution in [0.5, 0.6) is 5.88 Å². The molecule has 5 aromatic rings. The number of halogens is 2. The topological polar surface area (TPSA) is 77.5 Å². The lowest BCUT2D eigenvalue weighted by Crippen LogP contribution is -1.97. The summed E-state index contributed by atoms with van der Waals surface area (Å²) < 4.78 is 10.9. The molecule has 4 heterocycles. The van der Waals surface area contributed by atoms with Gasteiger partial charge in [0.25, 0.3) is 0 Å². The molecule has 2 aromatic carbocycles. The summed E-state index contributed by atoms with van der Waals surface area (Å²) >= 11 is 13.9. The number of fused-ring (bicyclic) bond motifs is 1. The van der Waals surface area contributed by atoms with E-state index < -0.39 is 0 Å². The van der Waals surface area contributed by atoms with Crippen molar-refractivity contribution in [3.8, 4) is 39.5 Å². The Morgan fingerprint density at radius 3 is 2.22 bits per heavy atom. The van der Waals surface area contributed by atoms with Gasteiger partial charge in [0.15, 0.2) is 6.29 Å². The van der Waals surface area contributed by atoms with Gasteiger partial charge < -0.3 is 9.47 Å². The molecule has 0 radical (unpaired) electrons. The van der Waals surface area contributed by atoms with Crippen molar-refractivity contribution >= 4 is 40.4 Å². The summed E-state index contributed by atoms with van der Waals surface area (Å²) in [6, 6.07) is 19.0. The van der Waals surface area contributed by atoms with Gasteiger partial charge in [-0.15, -0.1) is 0 Å². The average molecular weight is 528 g/mol. The Balaban J connectivity index is 1.42. The number of aldehydes is 1. The number of rotatable bonds is 6. The zero-order valence-corrected chi connectivity index (χ0v) is 21.1. The third-order valence-corrected chi connectivity index (χ3v) is 7.14. The van der Waals surface area contributed by atoms with Crippen molar-refractivity contribution < 1.29 is 14.3 Å². The molecule has 6 nitrogen and oxygen atoms in total. The lowest BCUT2D eigenvalue weighted by atomic mass is 9.98. The second kappa shape index (κ2) is 9.56. The molecule has 0 spiro atoms. The van der Waals surface area contributed by atoms with E-state index in [1.807, 2.05) is 54.6 Å². The third kappa shape index (κ3) is 4.33. The van der Waals surface area contributed by atoms with Crippen LogP contribution in [0.1, 0.15) is 22.0 Å². The number of epoxide rings is 1. The van der Waals surface area contributed by atoms with E-state index in [0.29, 0.717) is 39.5 Å². The van der Waals surface area contributed by atoms with Crippen LogP contribution in [-0.4, -0.2) is 35.0 Å². The number of carbonyl (C=O) groups excluding carboxylic acids is 1. The number of hydrogen-bond acceptors (Lipinski definition) is 6. The second-order valence-corrected chi connectivity index (χ2v) is 9.36. The molecular weight excluding hydrogens is 509 g/mol. The van der Waals surface area contributed by atoms with Crippen molar-refractivity contribution in [1.82, 2.24) is 15.0 Å². The molecule has 0 aliphatic carbocycles. The monoisotopic (exact) mass is 527 g/mol. The van der Waals surface area contributed by atoms with E-state index in [0.717, 1.165) is 45.0 Å². The Bertz CT molecular complexity index is 1690. The Morgan fingerprint density at radius 2 is 1.57 bits per heavy atom. The molecule has 0 N–H and O–H groups in total. The maximum atomic E-state index is 11.1. The van der Waals surface area contributed by atoms with Gasteiger partial charge in [0, 0.05) is 51.2 Å². The lowest BCUT2D eigenvalue weighted by molar-refractivity contribution is 0.112. The van der Waals surface area contributed by atoms with Gasteiger partial charge in [-0.05, 0) is 24.3 Å². The van der Waals surface area contributed by atoms with E-state index in [9.17, 15) is 4.79 Å². The number of carbonyl (C=O) groups is 1. The van der Waals surface area contributed by atoms with Crippen molar-refractivity contribution in [2.75, 3.05) is 13.7 Å². The predicted octanol–water partition coefficient (Wildman–Crippen LogP) is 7.23. The summed E-state index contributed by atoms with van der Waals surface area (Å²) in [4.78, 5) is 24.7. The summed E-state index contributed by atoms with van der Waals surface area (Å²) in [6.45, 7) is 0.671. The fourth-order valence-electron chi connectivity index (χ4n) is 4.36. The Labute approximate surface area is 222 Å². The smallest absolute Gasteiger partial charge is 0.219 e. The molecule has 1 atom stereocenters. The first kappa shape index (κ1) is 23.6. The van der Waals surface area contributed by atoms with Crippen LogP contribution in [-0.2, 0) is 4.74 Å². The molecule has 1 unspecified atom stereocenters. The van der Waals surface area contributed by atoms with Gasteiger partial charge in [0.2, 0.25) is 5.88 Å². The van der Waals surface area contributed by atoms with Gasteiger partial charge in [-0.2, -0.15) is 0 Å². The number of methoxy groups -OCH3 is 1. The molecule has 1 fully saturated rings. The van der Waals surface area contributed by atoms with Crippen LogP contribution in [0.3, 0.4) is 0 Å². The fourth-order valence-corrected chi connectivity index (χ4v) is 5.01. The van der Waals surface area contributed by atoms with Crippen LogP contribution in [0.4, 0.5) is 0 Å². The molecule has 6 rings (SSSR count). The van der Waals surface area contributed by atoms with E-state index in [2.05, 4.69) is 15.0 Å². The Kier molecular flexibility index (Phi) is 6.08. The highest BCUT2D eigenvalue weighted by molar-refractivity contribution is 6.39. The van der Waals surface area contributed by atoms with Crippen molar-refractivity contribution in [1.29, 1.82) is 0 Å². The van der Waals surface area contributed by atoms with Gasteiger partial charge in [0.05, 0.1) is 40.7 Å². The molecule has 3 aromatic heterocycles. The highest BCUT2D eigenvalue weighted by Gasteiger charge is 2.29. The van der Waals surface area contributed by atoms with Gasteiger partial charge in [-0.25, -0.2) is 4.98 Å². The Hall–Kier alpha value is -3.84. The maximum Gasteiger partial charge on any atom is 0.219 e. The van der Waals surface area contributed by atoms with Crippen molar-refractivity contribution in [2.45, 2.75) is 6.10 Å². The second-order valence-electron chi connectivity index (χ2n) is 8.60. The molecule has 0 bridgehead atoms. The van der Waals surface area contributed by atoms with Gasteiger partial charge in [-0.1, -0.05) is 59.6 Å². The number of hydrogen-bond donors (Lipinski definition) is 0. The first-order valence-electron chi connectivity index (χ1n) is 11.5. The molecule has 0 saturated carbocycles. The van der Waals surface area contributed by atoms with Crippen molar-refractivity contribution in [3.63, 3.8) is 0 Å². The molecule has 37 heavy (non-hydrogen) atoms. The SMILES string of the molecule is COc1nc(-c2cccc(-c3cccc(-c4cc5ncc(C=O)cc5cn4)c3Cl)c2Cl)ccc1C1CO1. The van der Waals surface area contributed by atoms with E-state index in [4.69, 9.17) is 32.7 Å². The van der Waals surface area contributed by atoms with E-state index in [-0.39, 0.29) is 6.10 Å². The molecule has 8 heteroatoms. The first-order valence-corrected chi connectivity index (χ1v) is 12.3. The van der Waals surface area contributed by atoms with Crippen molar-refractivity contribution in [3.05, 3.63) is 94.2 Å². The molecule has 1 aliphatic heterocycles. The zero-order chi connectivity index (χ0) is 25.5. The van der Waals surface area contributed by atoms with E-state index in [1.165, 1.54) is 6.20 Å². The predicted molar refractivity (Wildman–Crippen MR) is 144 cm³/mol. The molecule has 182 valence electrons. The van der Waals surface area contributed by atoms with Crippen LogP contribution < -0.4 is 4.74 Å². The van der Waals surface area contributed by atoms with Crippen LogP contribution in [0.25, 0.3) is 44.5 Å². The lowest BCUT2D eigenvalue weighted by Gasteiger charge is -2.14. The quantitative estimate of drug-likeness (QED) is 0.171. The van der Waals surface area contributed by atoms with Crippen molar-refractivity contribution in [2.24, 2.45) is 0 Å².